The van der Waals surface area contributed by atoms with E-state index in [2.05, 4.69) is 17.2 Å². The monoisotopic (exact) mass is 165 g/mol. The van der Waals surface area contributed by atoms with Crippen LogP contribution in [0.25, 0.3) is 0 Å². The second-order valence-electron chi connectivity index (χ2n) is 3.05. The second-order valence-corrected chi connectivity index (χ2v) is 3.49. The van der Waals surface area contributed by atoms with Gasteiger partial charge in [-0.3, -0.25) is 0 Å². The maximum absolute atomic E-state index is 5.04. The molecule has 0 aromatic carbocycles. The van der Waals surface area contributed by atoms with Gasteiger partial charge in [-0.05, 0) is 42.9 Å². The van der Waals surface area contributed by atoms with Gasteiger partial charge in [-0.1, -0.05) is 12.2 Å². The van der Waals surface area contributed by atoms with E-state index >= 15 is 0 Å². The van der Waals surface area contributed by atoms with E-state index < -0.39 is 0 Å². The quantitative estimate of drug-likeness (QED) is 0.584. The molecule has 1 heterocycles. The molecule has 2 rings (SSSR count). The molecule has 0 saturated heterocycles. The lowest BCUT2D eigenvalue weighted by atomic mass is 9.94. The SMILES string of the molecule is S=c1cc2c(c[nH]1)CCCC2. The van der Waals surface area contributed by atoms with E-state index in [1.54, 1.807) is 0 Å². The molecule has 0 bridgehead atoms. The predicted octanol–water partition coefficient (Wildman–Crippen LogP) is 2.62. The summed E-state index contributed by atoms with van der Waals surface area (Å²) in [5, 5.41) is 0. The third-order valence-corrected chi connectivity index (χ3v) is 2.48. The second kappa shape index (κ2) is 2.78. The molecule has 1 aliphatic rings. The Kier molecular flexibility index (Phi) is 1.78. The molecule has 58 valence electrons. The van der Waals surface area contributed by atoms with Gasteiger partial charge < -0.3 is 4.98 Å². The van der Waals surface area contributed by atoms with Crippen molar-refractivity contribution in [1.29, 1.82) is 0 Å². The Bertz CT molecular complexity index is 314. The van der Waals surface area contributed by atoms with Gasteiger partial charge in [-0.2, -0.15) is 0 Å². The molecule has 0 fully saturated rings. The lowest BCUT2D eigenvalue weighted by Crippen LogP contribution is -2.02. The lowest BCUT2D eigenvalue weighted by molar-refractivity contribution is 0.681. The Balaban J connectivity index is 2.51. The molecule has 0 aliphatic heterocycles. The number of fused-ring (bicyclic) bond motifs is 1. The maximum atomic E-state index is 5.04. The average molecular weight is 165 g/mol. The summed E-state index contributed by atoms with van der Waals surface area (Å²) in [4.78, 5) is 3.07. The van der Waals surface area contributed by atoms with Crippen LogP contribution in [-0.4, -0.2) is 4.98 Å². The van der Waals surface area contributed by atoms with E-state index in [0.717, 1.165) is 4.64 Å². The van der Waals surface area contributed by atoms with Crippen LogP contribution in [0.4, 0.5) is 0 Å². The minimum atomic E-state index is 0.866. The van der Waals surface area contributed by atoms with Gasteiger partial charge in [0.2, 0.25) is 0 Å². The molecule has 11 heavy (non-hydrogen) atoms. The Morgan fingerprint density at radius 3 is 2.73 bits per heavy atom. The van der Waals surface area contributed by atoms with Gasteiger partial charge in [0.05, 0.1) is 0 Å². The normalized spacial score (nSPS) is 16.0. The zero-order chi connectivity index (χ0) is 7.68. The Hall–Kier alpha value is -0.630. The summed E-state index contributed by atoms with van der Waals surface area (Å²) in [6.07, 6.45) is 7.16. The Labute approximate surface area is 71.5 Å². The number of pyridine rings is 1. The topological polar surface area (TPSA) is 15.8 Å². The summed E-state index contributed by atoms with van der Waals surface area (Å²) < 4.78 is 0.866. The number of H-pyrrole nitrogens is 1. The van der Waals surface area contributed by atoms with Gasteiger partial charge in [0, 0.05) is 6.20 Å². The highest BCUT2D eigenvalue weighted by molar-refractivity contribution is 7.71. The molecule has 1 nitrogen and oxygen atoms in total. The van der Waals surface area contributed by atoms with Crippen molar-refractivity contribution in [2.45, 2.75) is 25.7 Å². The summed E-state index contributed by atoms with van der Waals surface area (Å²) in [7, 11) is 0. The van der Waals surface area contributed by atoms with Crippen molar-refractivity contribution in [3.8, 4) is 0 Å². The van der Waals surface area contributed by atoms with Crippen LogP contribution in [0.5, 0.6) is 0 Å². The van der Waals surface area contributed by atoms with Crippen molar-refractivity contribution < 1.29 is 0 Å². The Morgan fingerprint density at radius 2 is 1.91 bits per heavy atom. The van der Waals surface area contributed by atoms with Crippen LogP contribution in [0.15, 0.2) is 12.3 Å². The van der Waals surface area contributed by atoms with Crippen molar-refractivity contribution in [3.05, 3.63) is 28.0 Å². The zero-order valence-electron chi connectivity index (χ0n) is 6.39. The highest BCUT2D eigenvalue weighted by atomic mass is 32.1. The standard InChI is InChI=1S/C9H11NS/c11-9-5-7-3-1-2-4-8(7)6-10-9/h5-6H,1-4H2,(H,10,11). The number of hydrogen-bond acceptors (Lipinski definition) is 1. The molecule has 0 atom stereocenters. The number of aromatic amines is 1. The fourth-order valence-corrected chi connectivity index (χ4v) is 1.84. The molecule has 1 N–H and O–H groups in total. The van der Waals surface area contributed by atoms with Gasteiger partial charge in [0.15, 0.2) is 0 Å². The van der Waals surface area contributed by atoms with Crippen LogP contribution in [0.1, 0.15) is 24.0 Å². The molecule has 0 spiro atoms. The number of aromatic nitrogens is 1. The van der Waals surface area contributed by atoms with E-state index in [4.69, 9.17) is 12.2 Å². The van der Waals surface area contributed by atoms with E-state index in [-0.39, 0.29) is 0 Å². The lowest BCUT2D eigenvalue weighted by Gasteiger charge is -2.13. The summed E-state index contributed by atoms with van der Waals surface area (Å²) in [6, 6.07) is 2.10. The van der Waals surface area contributed by atoms with Gasteiger partial charge in [0.1, 0.15) is 4.64 Å². The van der Waals surface area contributed by atoms with E-state index in [0.29, 0.717) is 0 Å². The Morgan fingerprint density at radius 1 is 1.18 bits per heavy atom. The maximum Gasteiger partial charge on any atom is 0.103 e. The largest absolute Gasteiger partial charge is 0.353 e. The fraction of sp³-hybridized carbons (Fsp3) is 0.444. The number of nitrogens with one attached hydrogen (secondary N) is 1. The number of hydrogen-bond donors (Lipinski definition) is 1. The highest BCUT2D eigenvalue weighted by Gasteiger charge is 2.07. The summed E-state index contributed by atoms with van der Waals surface area (Å²) in [5.41, 5.74) is 2.92. The molecule has 1 aromatic heterocycles. The van der Waals surface area contributed by atoms with E-state index in [1.807, 2.05) is 0 Å². The van der Waals surface area contributed by atoms with Crippen molar-refractivity contribution >= 4 is 12.2 Å². The number of rotatable bonds is 0. The van der Waals surface area contributed by atoms with Crippen LogP contribution in [0.3, 0.4) is 0 Å². The first-order chi connectivity index (χ1) is 5.36. The van der Waals surface area contributed by atoms with E-state index in [1.165, 1.54) is 36.8 Å². The predicted molar refractivity (Wildman–Crippen MR) is 48.3 cm³/mol. The smallest absolute Gasteiger partial charge is 0.103 e. The third-order valence-electron chi connectivity index (χ3n) is 2.25. The minimum Gasteiger partial charge on any atom is -0.353 e. The van der Waals surface area contributed by atoms with E-state index in [9.17, 15) is 0 Å². The molecule has 0 radical (unpaired) electrons. The average Bonchev–Trinajstić information content (AvgIpc) is 2.04. The van der Waals surface area contributed by atoms with Crippen molar-refractivity contribution in [2.75, 3.05) is 0 Å². The van der Waals surface area contributed by atoms with Gasteiger partial charge in [-0.15, -0.1) is 0 Å². The first-order valence-corrected chi connectivity index (χ1v) is 4.47. The van der Waals surface area contributed by atoms with Crippen LogP contribution in [0, 0.1) is 4.64 Å². The first-order valence-electron chi connectivity index (χ1n) is 4.07. The molecule has 0 unspecified atom stereocenters. The summed E-state index contributed by atoms with van der Waals surface area (Å²) in [5.74, 6) is 0. The fourth-order valence-electron chi connectivity index (χ4n) is 1.64. The van der Waals surface area contributed by atoms with Gasteiger partial charge in [0.25, 0.3) is 0 Å². The molecular formula is C9H11NS. The third kappa shape index (κ3) is 1.36. The van der Waals surface area contributed by atoms with Gasteiger partial charge >= 0.3 is 0 Å². The van der Waals surface area contributed by atoms with Crippen LogP contribution >= 0.6 is 12.2 Å². The van der Waals surface area contributed by atoms with Crippen molar-refractivity contribution in [1.82, 2.24) is 4.98 Å². The first kappa shape index (κ1) is 7.04. The highest BCUT2D eigenvalue weighted by Crippen LogP contribution is 2.19. The molecular weight excluding hydrogens is 154 g/mol. The summed E-state index contributed by atoms with van der Waals surface area (Å²) in [6.45, 7) is 0. The number of aryl methyl sites for hydroxylation is 2. The van der Waals surface area contributed by atoms with Crippen LogP contribution in [-0.2, 0) is 12.8 Å². The molecule has 1 aromatic rings. The molecule has 0 saturated carbocycles. The molecule has 0 amide bonds. The van der Waals surface area contributed by atoms with Crippen LogP contribution < -0.4 is 0 Å². The van der Waals surface area contributed by atoms with Crippen LogP contribution in [0.2, 0.25) is 0 Å². The zero-order valence-corrected chi connectivity index (χ0v) is 7.21. The van der Waals surface area contributed by atoms with Crippen molar-refractivity contribution in [2.24, 2.45) is 0 Å². The molecule has 1 aliphatic carbocycles. The minimum absolute atomic E-state index is 0.866. The molecule has 2 heteroatoms. The van der Waals surface area contributed by atoms with Gasteiger partial charge in [-0.25, -0.2) is 0 Å². The van der Waals surface area contributed by atoms with Crippen molar-refractivity contribution in [3.63, 3.8) is 0 Å². The summed E-state index contributed by atoms with van der Waals surface area (Å²) >= 11 is 5.04.